The van der Waals surface area contributed by atoms with E-state index in [0.29, 0.717) is 49.8 Å². The van der Waals surface area contributed by atoms with Crippen molar-refractivity contribution in [2.75, 3.05) is 25.0 Å². The van der Waals surface area contributed by atoms with Crippen LogP contribution in [-0.4, -0.2) is 58.4 Å². The minimum atomic E-state index is -0.213. The lowest BCUT2D eigenvalue weighted by molar-refractivity contribution is -0.149. The molecule has 172 valence electrons. The number of nitrogens with zero attached hydrogens (tertiary/aromatic N) is 3. The molecule has 1 aliphatic rings. The van der Waals surface area contributed by atoms with Crippen molar-refractivity contribution in [1.29, 1.82) is 0 Å². The zero-order chi connectivity index (χ0) is 23.1. The molecule has 0 spiro atoms. The molecular formula is C23H30N4O4S. The van der Waals surface area contributed by atoms with Crippen molar-refractivity contribution in [3.63, 3.8) is 0 Å². The van der Waals surface area contributed by atoms with Crippen molar-refractivity contribution in [3.05, 3.63) is 46.4 Å². The molecule has 9 heteroatoms. The molecular weight excluding hydrogens is 428 g/mol. The number of ether oxygens (including phenoxy) is 1. The largest absolute Gasteiger partial charge is 0.466 e. The smallest absolute Gasteiger partial charge is 0.322 e. The number of para-hydroxylation sites is 1. The van der Waals surface area contributed by atoms with E-state index in [1.165, 1.54) is 11.3 Å². The quantitative estimate of drug-likeness (QED) is 0.633. The number of aromatic nitrogens is 1. The zero-order valence-corrected chi connectivity index (χ0v) is 19.6. The Labute approximate surface area is 192 Å². The molecule has 0 saturated carbocycles. The molecule has 1 N–H and O–H groups in total. The van der Waals surface area contributed by atoms with Crippen LogP contribution < -0.4 is 5.32 Å². The molecule has 0 aliphatic carbocycles. The molecule has 2 heterocycles. The monoisotopic (exact) mass is 458 g/mol. The minimum Gasteiger partial charge on any atom is -0.466 e. The molecule has 1 fully saturated rings. The Morgan fingerprint density at radius 3 is 2.53 bits per heavy atom. The van der Waals surface area contributed by atoms with Crippen molar-refractivity contribution in [3.8, 4) is 0 Å². The fraction of sp³-hybridized carbons (Fsp3) is 0.478. The number of anilines is 1. The van der Waals surface area contributed by atoms with Gasteiger partial charge in [0.1, 0.15) is 10.7 Å². The van der Waals surface area contributed by atoms with E-state index >= 15 is 0 Å². The van der Waals surface area contributed by atoms with E-state index < -0.39 is 0 Å². The van der Waals surface area contributed by atoms with E-state index in [4.69, 9.17) is 4.74 Å². The Bertz CT molecular complexity index is 923. The van der Waals surface area contributed by atoms with Crippen molar-refractivity contribution < 1.29 is 19.1 Å². The summed E-state index contributed by atoms with van der Waals surface area (Å²) in [5.74, 6) is -0.467. The first-order chi connectivity index (χ1) is 15.4. The van der Waals surface area contributed by atoms with Crippen LogP contribution in [0.25, 0.3) is 0 Å². The molecule has 1 aliphatic heterocycles. The van der Waals surface area contributed by atoms with Gasteiger partial charge in [0.05, 0.1) is 19.1 Å². The molecule has 3 amide bonds. The highest BCUT2D eigenvalue weighted by Crippen LogP contribution is 2.22. The van der Waals surface area contributed by atoms with E-state index in [2.05, 4.69) is 10.3 Å². The lowest BCUT2D eigenvalue weighted by Crippen LogP contribution is -2.41. The van der Waals surface area contributed by atoms with Crippen LogP contribution in [0.1, 0.15) is 49.1 Å². The maximum absolute atomic E-state index is 12.9. The Balaban J connectivity index is 1.58. The van der Waals surface area contributed by atoms with Gasteiger partial charge in [-0.15, -0.1) is 11.3 Å². The van der Waals surface area contributed by atoms with E-state index in [-0.39, 0.29) is 29.9 Å². The first kappa shape index (κ1) is 23.7. The molecule has 0 unspecified atom stereocenters. The number of piperidine rings is 1. The number of hydrogen-bond acceptors (Lipinski definition) is 6. The summed E-state index contributed by atoms with van der Waals surface area (Å²) in [6, 6.07) is 9.04. The predicted octanol–water partition coefficient (Wildman–Crippen LogP) is 4.00. The highest BCUT2D eigenvalue weighted by molar-refractivity contribution is 7.09. The molecule has 2 aromatic rings. The first-order valence-corrected chi connectivity index (χ1v) is 11.8. The molecule has 3 rings (SSSR count). The summed E-state index contributed by atoms with van der Waals surface area (Å²) in [6.07, 6.45) is 1.20. The molecule has 1 aromatic heterocycles. The second-order valence-corrected chi connectivity index (χ2v) is 8.91. The van der Waals surface area contributed by atoms with Crippen LogP contribution in [0.4, 0.5) is 10.5 Å². The summed E-state index contributed by atoms with van der Waals surface area (Å²) >= 11 is 1.37. The SMILES string of the molecule is CCOC(=O)C1CCN(C(=O)c2csc(CN(C(=O)Nc3ccccc3)C(C)C)n2)CC1. The number of amides is 3. The normalized spacial score (nSPS) is 14.3. The van der Waals surface area contributed by atoms with Gasteiger partial charge >= 0.3 is 12.0 Å². The van der Waals surface area contributed by atoms with Crippen LogP contribution in [0, 0.1) is 5.92 Å². The number of rotatable bonds is 7. The Morgan fingerprint density at radius 2 is 1.91 bits per heavy atom. The third kappa shape index (κ3) is 6.06. The maximum Gasteiger partial charge on any atom is 0.322 e. The number of carbonyl (C=O) groups is 3. The van der Waals surface area contributed by atoms with Gasteiger partial charge in [-0.1, -0.05) is 18.2 Å². The van der Waals surface area contributed by atoms with Gasteiger partial charge in [0.25, 0.3) is 5.91 Å². The number of esters is 1. The first-order valence-electron chi connectivity index (χ1n) is 10.9. The molecule has 0 atom stereocenters. The Hall–Kier alpha value is -2.94. The number of hydrogen-bond donors (Lipinski definition) is 1. The summed E-state index contributed by atoms with van der Waals surface area (Å²) in [5, 5.41) is 5.34. The van der Waals surface area contributed by atoms with E-state index in [9.17, 15) is 14.4 Å². The lowest BCUT2D eigenvalue weighted by Gasteiger charge is -2.30. The van der Waals surface area contributed by atoms with Gasteiger partial charge in [-0.25, -0.2) is 9.78 Å². The van der Waals surface area contributed by atoms with E-state index in [1.807, 2.05) is 44.2 Å². The molecule has 8 nitrogen and oxygen atoms in total. The highest BCUT2D eigenvalue weighted by atomic mass is 32.1. The fourth-order valence-electron chi connectivity index (χ4n) is 3.57. The number of carbonyl (C=O) groups excluding carboxylic acids is 3. The van der Waals surface area contributed by atoms with Crippen LogP contribution in [0.15, 0.2) is 35.7 Å². The molecule has 0 bridgehead atoms. The zero-order valence-electron chi connectivity index (χ0n) is 18.7. The maximum atomic E-state index is 12.9. The van der Waals surface area contributed by atoms with Gasteiger partial charge in [-0.2, -0.15) is 0 Å². The number of likely N-dealkylation sites (tertiary alicyclic amines) is 1. The summed E-state index contributed by atoms with van der Waals surface area (Å²) in [6.45, 7) is 7.38. The standard InChI is InChI=1S/C23H30N4O4S/c1-4-31-22(29)17-10-12-26(13-11-17)21(28)19-15-32-20(25-19)14-27(16(2)3)23(30)24-18-8-6-5-7-9-18/h5-9,15-17H,4,10-14H2,1-3H3,(H,24,30). The van der Waals surface area contributed by atoms with Crippen LogP contribution in [-0.2, 0) is 16.1 Å². The second kappa shape index (κ2) is 11.1. The van der Waals surface area contributed by atoms with Crippen LogP contribution in [0.2, 0.25) is 0 Å². The van der Waals surface area contributed by atoms with Crippen molar-refractivity contribution in [2.45, 2.75) is 46.2 Å². The highest BCUT2D eigenvalue weighted by Gasteiger charge is 2.29. The van der Waals surface area contributed by atoms with Gasteiger partial charge in [0.2, 0.25) is 0 Å². The van der Waals surface area contributed by atoms with Crippen LogP contribution in [0.5, 0.6) is 0 Å². The molecule has 32 heavy (non-hydrogen) atoms. The minimum absolute atomic E-state index is 0.0383. The lowest BCUT2D eigenvalue weighted by atomic mass is 9.97. The molecule has 1 aromatic carbocycles. The van der Waals surface area contributed by atoms with E-state index in [0.717, 1.165) is 5.69 Å². The van der Waals surface area contributed by atoms with E-state index in [1.54, 1.807) is 22.1 Å². The van der Waals surface area contributed by atoms with Crippen LogP contribution in [0.3, 0.4) is 0 Å². The topological polar surface area (TPSA) is 91.8 Å². The number of urea groups is 1. The summed E-state index contributed by atoms with van der Waals surface area (Å²) in [7, 11) is 0. The number of benzene rings is 1. The summed E-state index contributed by atoms with van der Waals surface area (Å²) < 4.78 is 5.09. The Morgan fingerprint density at radius 1 is 1.22 bits per heavy atom. The van der Waals surface area contributed by atoms with Crippen molar-refractivity contribution in [2.24, 2.45) is 5.92 Å². The van der Waals surface area contributed by atoms with Gasteiger partial charge < -0.3 is 19.9 Å². The summed E-state index contributed by atoms with van der Waals surface area (Å²) in [4.78, 5) is 45.4. The molecule has 0 radical (unpaired) electrons. The fourth-order valence-corrected chi connectivity index (χ4v) is 4.34. The van der Waals surface area contributed by atoms with Gasteiger partial charge in [0.15, 0.2) is 0 Å². The van der Waals surface area contributed by atoms with Crippen molar-refractivity contribution in [1.82, 2.24) is 14.8 Å². The average molecular weight is 459 g/mol. The van der Waals surface area contributed by atoms with Crippen molar-refractivity contribution >= 4 is 34.9 Å². The second-order valence-electron chi connectivity index (χ2n) is 7.96. The number of nitrogens with one attached hydrogen (secondary N) is 1. The van der Waals surface area contributed by atoms with Crippen LogP contribution >= 0.6 is 11.3 Å². The van der Waals surface area contributed by atoms with Gasteiger partial charge in [-0.05, 0) is 45.7 Å². The third-order valence-electron chi connectivity index (χ3n) is 5.39. The Kier molecular flexibility index (Phi) is 8.21. The van der Waals surface area contributed by atoms with Gasteiger partial charge in [0, 0.05) is 30.2 Å². The average Bonchev–Trinajstić information content (AvgIpc) is 3.26. The van der Waals surface area contributed by atoms with Gasteiger partial charge in [-0.3, -0.25) is 9.59 Å². The predicted molar refractivity (Wildman–Crippen MR) is 124 cm³/mol. The summed E-state index contributed by atoms with van der Waals surface area (Å²) in [5.41, 5.74) is 1.11. The number of thiazole rings is 1. The molecule has 1 saturated heterocycles. The third-order valence-corrected chi connectivity index (χ3v) is 6.22.